The zero-order valence-electron chi connectivity index (χ0n) is 11.4. The molecule has 4 heteroatoms. The molecule has 0 saturated carbocycles. The maximum absolute atomic E-state index is 11.0. The predicted molar refractivity (Wildman–Crippen MR) is 77.8 cm³/mol. The molecule has 0 unspecified atom stereocenters. The molecule has 0 fully saturated rings. The Morgan fingerprint density at radius 3 is 2.61 bits per heavy atom. The van der Waals surface area contributed by atoms with Crippen molar-refractivity contribution in [2.45, 2.75) is 26.2 Å². The van der Waals surface area contributed by atoms with Gasteiger partial charge in [0.25, 0.3) is 5.24 Å². The van der Waals surface area contributed by atoms with Crippen LogP contribution in [0.15, 0.2) is 18.2 Å². The second-order valence-electron chi connectivity index (χ2n) is 4.69. The summed E-state index contributed by atoms with van der Waals surface area (Å²) in [5.74, 6) is 1.34. The lowest BCUT2D eigenvalue weighted by Crippen LogP contribution is -2.23. The summed E-state index contributed by atoms with van der Waals surface area (Å²) >= 11 is 3.79. The van der Waals surface area contributed by atoms with Crippen LogP contribution in [0.2, 0.25) is 0 Å². The molecule has 1 aromatic carbocycles. The first kappa shape index (κ1) is 14.9. The number of hydrogen-bond acceptors (Lipinski definition) is 2. The Balaban J connectivity index is 2.79. The van der Waals surface area contributed by atoms with Gasteiger partial charge in [-0.3, -0.25) is 4.79 Å². The first-order chi connectivity index (χ1) is 8.45. The Hall–Kier alpha value is -1.16. The summed E-state index contributed by atoms with van der Waals surface area (Å²) in [6.45, 7) is 4.96. The van der Waals surface area contributed by atoms with Crippen molar-refractivity contribution < 1.29 is 9.53 Å². The average molecular weight is 267 g/mol. The molecule has 0 aromatic heterocycles. The van der Waals surface area contributed by atoms with E-state index < -0.39 is 0 Å². The van der Waals surface area contributed by atoms with Crippen molar-refractivity contribution in [1.29, 1.82) is 0 Å². The number of amides is 1. The molecular formula is C14H21NO2S. The van der Waals surface area contributed by atoms with Crippen LogP contribution in [0.5, 0.6) is 5.75 Å². The van der Waals surface area contributed by atoms with E-state index in [9.17, 15) is 4.79 Å². The Morgan fingerprint density at radius 2 is 2.11 bits per heavy atom. The number of carbonyl (C=O) groups is 1. The van der Waals surface area contributed by atoms with Crippen LogP contribution in [0, 0.1) is 0 Å². The van der Waals surface area contributed by atoms with Gasteiger partial charge in [-0.25, -0.2) is 0 Å². The van der Waals surface area contributed by atoms with Crippen LogP contribution < -0.4 is 4.74 Å². The SMILES string of the molecule is COc1ccc(CCN(C)C(=O)S)cc1C(C)C. The van der Waals surface area contributed by atoms with E-state index in [1.54, 1.807) is 19.1 Å². The van der Waals surface area contributed by atoms with E-state index in [1.807, 2.05) is 12.1 Å². The standard InChI is InChI=1S/C14H21NO2S/c1-10(2)12-9-11(5-6-13(12)17-4)7-8-15(3)14(16)18/h5-6,9-10H,7-8H2,1-4H3,(H,16,18). The number of carbonyl (C=O) groups excluding carboxylic acids is 1. The van der Waals surface area contributed by atoms with Gasteiger partial charge in [0, 0.05) is 13.6 Å². The topological polar surface area (TPSA) is 29.5 Å². The fourth-order valence-electron chi connectivity index (χ4n) is 1.78. The highest BCUT2D eigenvalue weighted by atomic mass is 32.1. The van der Waals surface area contributed by atoms with E-state index in [4.69, 9.17) is 4.74 Å². The van der Waals surface area contributed by atoms with E-state index in [2.05, 4.69) is 32.5 Å². The quantitative estimate of drug-likeness (QED) is 0.829. The molecule has 0 bridgehead atoms. The van der Waals surface area contributed by atoms with Crippen LogP contribution >= 0.6 is 12.6 Å². The summed E-state index contributed by atoms with van der Waals surface area (Å²) in [5, 5.41) is -0.201. The fraction of sp³-hybridized carbons (Fsp3) is 0.500. The van der Waals surface area contributed by atoms with Crippen molar-refractivity contribution in [3.63, 3.8) is 0 Å². The highest BCUT2D eigenvalue weighted by Crippen LogP contribution is 2.27. The second-order valence-corrected chi connectivity index (χ2v) is 5.07. The van der Waals surface area contributed by atoms with Crippen LogP contribution in [-0.4, -0.2) is 30.8 Å². The Labute approximate surface area is 115 Å². The van der Waals surface area contributed by atoms with Gasteiger partial charge < -0.3 is 9.64 Å². The molecule has 0 heterocycles. The molecule has 0 aliphatic carbocycles. The molecule has 3 nitrogen and oxygen atoms in total. The third kappa shape index (κ3) is 3.95. The van der Waals surface area contributed by atoms with Gasteiger partial charge in [0.15, 0.2) is 0 Å². The van der Waals surface area contributed by atoms with Crippen molar-refractivity contribution in [3.05, 3.63) is 29.3 Å². The molecule has 1 rings (SSSR count). The number of ether oxygens (including phenoxy) is 1. The first-order valence-electron chi connectivity index (χ1n) is 6.06. The monoisotopic (exact) mass is 267 g/mol. The molecule has 0 aliphatic heterocycles. The van der Waals surface area contributed by atoms with E-state index in [1.165, 1.54) is 11.1 Å². The summed E-state index contributed by atoms with van der Waals surface area (Å²) in [6, 6.07) is 6.19. The molecule has 0 N–H and O–H groups in total. The molecule has 0 radical (unpaired) electrons. The van der Waals surface area contributed by atoms with E-state index in [-0.39, 0.29) is 5.24 Å². The number of benzene rings is 1. The highest BCUT2D eigenvalue weighted by Gasteiger charge is 2.09. The lowest BCUT2D eigenvalue weighted by molar-refractivity contribution is 0.234. The highest BCUT2D eigenvalue weighted by molar-refractivity contribution is 7.96. The normalized spacial score (nSPS) is 10.6. The zero-order chi connectivity index (χ0) is 13.7. The minimum atomic E-state index is -0.201. The first-order valence-corrected chi connectivity index (χ1v) is 6.51. The van der Waals surface area contributed by atoms with Crippen LogP contribution in [-0.2, 0) is 6.42 Å². The van der Waals surface area contributed by atoms with Crippen LogP contribution in [0.4, 0.5) is 4.79 Å². The summed E-state index contributed by atoms with van der Waals surface area (Å²) in [7, 11) is 3.44. The molecule has 100 valence electrons. The number of rotatable bonds is 5. The minimum absolute atomic E-state index is 0.201. The van der Waals surface area contributed by atoms with Crippen LogP contribution in [0.3, 0.4) is 0 Å². The Bertz CT molecular complexity index is 418. The van der Waals surface area contributed by atoms with Gasteiger partial charge in [-0.05, 0) is 29.5 Å². The third-order valence-corrected chi connectivity index (χ3v) is 3.32. The lowest BCUT2D eigenvalue weighted by atomic mass is 9.98. The number of likely N-dealkylation sites (N-methyl/N-ethyl adjacent to an activating group) is 1. The van der Waals surface area contributed by atoms with Crippen LogP contribution in [0.1, 0.15) is 30.9 Å². The van der Waals surface area contributed by atoms with Gasteiger partial charge in [0.2, 0.25) is 0 Å². The van der Waals surface area contributed by atoms with Crippen molar-refractivity contribution >= 4 is 17.9 Å². The van der Waals surface area contributed by atoms with Gasteiger partial charge in [-0.2, -0.15) is 0 Å². The predicted octanol–water partition coefficient (Wildman–Crippen LogP) is 3.34. The Morgan fingerprint density at radius 1 is 1.44 bits per heavy atom. The molecule has 0 saturated heterocycles. The molecule has 0 atom stereocenters. The van der Waals surface area contributed by atoms with Gasteiger partial charge in [-0.15, -0.1) is 0 Å². The summed E-state index contributed by atoms with van der Waals surface area (Å²) in [5.41, 5.74) is 2.41. The average Bonchev–Trinajstić information content (AvgIpc) is 2.35. The maximum Gasteiger partial charge on any atom is 0.278 e. The smallest absolute Gasteiger partial charge is 0.278 e. The fourth-order valence-corrected chi connectivity index (χ4v) is 1.88. The van der Waals surface area contributed by atoms with Crippen molar-refractivity contribution in [2.75, 3.05) is 20.7 Å². The Kier molecular flexibility index (Phi) is 5.54. The van der Waals surface area contributed by atoms with Crippen LogP contribution in [0.25, 0.3) is 0 Å². The summed E-state index contributed by atoms with van der Waals surface area (Å²) in [4.78, 5) is 12.6. The summed E-state index contributed by atoms with van der Waals surface area (Å²) < 4.78 is 5.35. The molecule has 0 spiro atoms. The number of methoxy groups -OCH3 is 1. The van der Waals surface area contributed by atoms with E-state index in [0.717, 1.165) is 12.2 Å². The number of nitrogens with zero attached hydrogens (tertiary/aromatic N) is 1. The van der Waals surface area contributed by atoms with Gasteiger partial charge in [-0.1, -0.05) is 38.6 Å². The summed E-state index contributed by atoms with van der Waals surface area (Å²) in [6.07, 6.45) is 0.826. The van der Waals surface area contributed by atoms with Crippen molar-refractivity contribution in [3.8, 4) is 5.75 Å². The van der Waals surface area contributed by atoms with Gasteiger partial charge in [0.1, 0.15) is 5.75 Å². The van der Waals surface area contributed by atoms with Gasteiger partial charge in [0.05, 0.1) is 7.11 Å². The molecule has 1 aromatic rings. The van der Waals surface area contributed by atoms with E-state index >= 15 is 0 Å². The lowest BCUT2D eigenvalue weighted by Gasteiger charge is -2.16. The molecule has 1 amide bonds. The number of thiol groups is 1. The zero-order valence-corrected chi connectivity index (χ0v) is 12.3. The molecule has 0 aliphatic rings. The van der Waals surface area contributed by atoms with Crippen molar-refractivity contribution in [2.24, 2.45) is 0 Å². The minimum Gasteiger partial charge on any atom is -0.496 e. The maximum atomic E-state index is 11.0. The molecular weight excluding hydrogens is 246 g/mol. The largest absolute Gasteiger partial charge is 0.496 e. The number of hydrogen-bond donors (Lipinski definition) is 1. The second kappa shape index (κ2) is 6.69. The van der Waals surface area contributed by atoms with Gasteiger partial charge >= 0.3 is 0 Å². The van der Waals surface area contributed by atoms with Crippen molar-refractivity contribution in [1.82, 2.24) is 4.90 Å². The third-order valence-electron chi connectivity index (χ3n) is 2.98. The van der Waals surface area contributed by atoms with E-state index in [0.29, 0.717) is 12.5 Å². The molecule has 18 heavy (non-hydrogen) atoms.